The fourth-order valence-corrected chi connectivity index (χ4v) is 1.21. The number of methoxy groups -OCH3 is 1. The Bertz CT molecular complexity index is 484. The predicted molar refractivity (Wildman–Crippen MR) is 63.3 cm³/mol. The van der Waals surface area contributed by atoms with Gasteiger partial charge in [0.25, 0.3) is 5.91 Å². The second-order valence-electron chi connectivity index (χ2n) is 3.60. The van der Waals surface area contributed by atoms with Crippen molar-refractivity contribution in [3.8, 4) is 0 Å². The number of esters is 1. The summed E-state index contributed by atoms with van der Waals surface area (Å²) < 4.78 is 5.63. The Morgan fingerprint density at radius 3 is 2.74 bits per heavy atom. The van der Waals surface area contributed by atoms with Crippen LogP contribution in [0.3, 0.4) is 0 Å². The number of ether oxygens (including phenoxy) is 1. The fraction of sp³-hybridized carbons (Fsp3) is 0.500. The van der Waals surface area contributed by atoms with Crippen LogP contribution in [0, 0.1) is 0 Å². The van der Waals surface area contributed by atoms with Gasteiger partial charge in [-0.05, 0) is 13.8 Å². The number of carbonyl (C=O) groups is 3. The molecule has 0 radical (unpaired) electrons. The van der Waals surface area contributed by atoms with Crippen molar-refractivity contribution >= 4 is 17.9 Å². The highest BCUT2D eigenvalue weighted by Gasteiger charge is 2.20. The number of urea groups is 1. The zero-order valence-corrected chi connectivity index (χ0v) is 10.8. The maximum Gasteiger partial charge on any atom is 0.360 e. The van der Waals surface area contributed by atoms with Crippen LogP contribution in [0.2, 0.25) is 0 Å². The highest BCUT2D eigenvalue weighted by atomic mass is 16.5. The van der Waals surface area contributed by atoms with Gasteiger partial charge in [0.15, 0.2) is 5.69 Å². The molecule has 2 N–H and O–H groups in total. The molecule has 1 aromatic rings. The summed E-state index contributed by atoms with van der Waals surface area (Å²) in [5.41, 5.74) is -0.0137. The van der Waals surface area contributed by atoms with E-state index >= 15 is 0 Å². The second-order valence-corrected chi connectivity index (χ2v) is 3.60. The molecule has 104 valence electrons. The first-order chi connectivity index (χ1) is 8.99. The van der Waals surface area contributed by atoms with E-state index in [1.165, 1.54) is 24.9 Å². The van der Waals surface area contributed by atoms with Gasteiger partial charge >= 0.3 is 12.0 Å². The van der Waals surface area contributed by atoms with E-state index < -0.39 is 23.9 Å². The number of hydrogen-bond acceptors (Lipinski definition) is 6. The monoisotopic (exact) mass is 269 g/mol. The first-order valence-corrected chi connectivity index (χ1v) is 5.58. The molecule has 1 rings (SSSR count). The molecule has 0 saturated heterocycles. The summed E-state index contributed by atoms with van der Waals surface area (Å²) in [6, 6.07) is -1.37. The highest BCUT2D eigenvalue weighted by molar-refractivity contribution is 5.96. The van der Waals surface area contributed by atoms with Gasteiger partial charge in [-0.25, -0.2) is 14.3 Å². The number of nitrogens with one attached hydrogen (secondary N) is 2. The molecule has 9 heteroatoms. The maximum absolute atomic E-state index is 11.7. The molecule has 0 spiro atoms. The van der Waals surface area contributed by atoms with Crippen LogP contribution in [0.4, 0.5) is 4.79 Å². The minimum Gasteiger partial charge on any atom is -0.464 e. The molecular weight excluding hydrogens is 254 g/mol. The van der Waals surface area contributed by atoms with Crippen molar-refractivity contribution in [1.29, 1.82) is 0 Å². The minimum absolute atomic E-state index is 0.0137. The smallest absolute Gasteiger partial charge is 0.360 e. The van der Waals surface area contributed by atoms with Crippen LogP contribution in [0.5, 0.6) is 0 Å². The van der Waals surface area contributed by atoms with E-state index in [4.69, 9.17) is 0 Å². The molecule has 19 heavy (non-hydrogen) atoms. The summed E-state index contributed by atoms with van der Waals surface area (Å²) in [6.45, 7) is 3.65. The summed E-state index contributed by atoms with van der Waals surface area (Å²) in [5, 5.41) is 11.8. The van der Waals surface area contributed by atoms with Crippen LogP contribution in [-0.2, 0) is 9.53 Å². The molecule has 0 aliphatic carbocycles. The lowest BCUT2D eigenvalue weighted by Gasteiger charge is -2.10. The van der Waals surface area contributed by atoms with E-state index in [1.807, 2.05) is 0 Å². The normalized spacial score (nSPS) is 11.5. The molecular formula is C10H15N5O4. The van der Waals surface area contributed by atoms with Gasteiger partial charge in [0, 0.05) is 6.54 Å². The van der Waals surface area contributed by atoms with Crippen molar-refractivity contribution in [3.05, 3.63) is 11.9 Å². The number of hydrogen-bond donors (Lipinski definition) is 2. The maximum atomic E-state index is 11.7. The van der Waals surface area contributed by atoms with Crippen molar-refractivity contribution in [1.82, 2.24) is 25.6 Å². The van der Waals surface area contributed by atoms with Crippen molar-refractivity contribution in [3.63, 3.8) is 0 Å². The number of carbonyl (C=O) groups excluding carboxylic acids is 3. The molecule has 0 aliphatic rings. The first kappa shape index (κ1) is 14.6. The van der Waals surface area contributed by atoms with Crippen LogP contribution in [0.15, 0.2) is 6.20 Å². The van der Waals surface area contributed by atoms with Gasteiger partial charge in [-0.2, -0.15) is 0 Å². The number of rotatable bonds is 4. The number of nitrogens with zero attached hydrogens (tertiary/aromatic N) is 3. The molecule has 0 aliphatic heterocycles. The predicted octanol–water partition coefficient (Wildman–Crippen LogP) is -0.529. The van der Waals surface area contributed by atoms with Gasteiger partial charge in [0.05, 0.1) is 13.3 Å². The van der Waals surface area contributed by atoms with Gasteiger partial charge in [-0.15, -0.1) is 5.10 Å². The number of amides is 3. The molecule has 0 fully saturated rings. The summed E-state index contributed by atoms with van der Waals surface area (Å²) in [7, 11) is 1.21. The third-order valence-electron chi connectivity index (χ3n) is 2.26. The number of aromatic nitrogens is 3. The molecule has 9 nitrogen and oxygen atoms in total. The van der Waals surface area contributed by atoms with Crippen LogP contribution >= 0.6 is 0 Å². The molecule has 3 amide bonds. The molecule has 1 heterocycles. The van der Waals surface area contributed by atoms with Gasteiger partial charge in [0.1, 0.15) is 6.04 Å². The Morgan fingerprint density at radius 1 is 1.47 bits per heavy atom. The van der Waals surface area contributed by atoms with Crippen LogP contribution in [-0.4, -0.2) is 46.6 Å². The molecule has 0 aromatic carbocycles. The highest BCUT2D eigenvalue weighted by Crippen LogP contribution is 2.05. The quantitative estimate of drug-likeness (QED) is 0.710. The van der Waals surface area contributed by atoms with E-state index in [0.717, 1.165) is 0 Å². The van der Waals surface area contributed by atoms with Crippen LogP contribution < -0.4 is 10.6 Å². The lowest BCUT2D eigenvalue weighted by molar-refractivity contribution is -0.123. The fourth-order valence-electron chi connectivity index (χ4n) is 1.21. The lowest BCUT2D eigenvalue weighted by Crippen LogP contribution is -2.42. The zero-order valence-electron chi connectivity index (χ0n) is 10.8. The molecule has 1 unspecified atom stereocenters. The standard InChI is InChI=1S/C10H15N5O4/c1-4-11-10(18)12-8(16)6(2)15-5-7(13-14-15)9(17)19-3/h5-6H,4H2,1-3H3,(H2,11,12,16,18). The Kier molecular flexibility index (Phi) is 4.98. The zero-order chi connectivity index (χ0) is 14.4. The molecule has 0 saturated carbocycles. The van der Waals surface area contributed by atoms with Gasteiger partial charge in [-0.3, -0.25) is 10.1 Å². The topological polar surface area (TPSA) is 115 Å². The Hall–Kier alpha value is -2.45. The van der Waals surface area contributed by atoms with Crippen molar-refractivity contribution in [2.24, 2.45) is 0 Å². The van der Waals surface area contributed by atoms with Crippen molar-refractivity contribution < 1.29 is 19.1 Å². The third kappa shape index (κ3) is 3.76. The average Bonchev–Trinajstić information content (AvgIpc) is 2.86. The second kappa shape index (κ2) is 6.47. The first-order valence-electron chi connectivity index (χ1n) is 5.58. The van der Waals surface area contributed by atoms with Gasteiger partial charge in [0.2, 0.25) is 0 Å². The minimum atomic E-state index is -0.784. The summed E-state index contributed by atoms with van der Waals surface area (Å²) in [4.78, 5) is 34.1. The van der Waals surface area contributed by atoms with Crippen molar-refractivity contribution in [2.75, 3.05) is 13.7 Å². The van der Waals surface area contributed by atoms with E-state index in [9.17, 15) is 14.4 Å². The lowest BCUT2D eigenvalue weighted by atomic mass is 10.3. The Morgan fingerprint density at radius 2 is 2.16 bits per heavy atom. The summed E-state index contributed by atoms with van der Waals surface area (Å²) in [5.74, 6) is -1.21. The summed E-state index contributed by atoms with van der Waals surface area (Å²) in [6.07, 6.45) is 1.27. The van der Waals surface area contributed by atoms with Gasteiger partial charge in [-0.1, -0.05) is 5.21 Å². The summed E-state index contributed by atoms with van der Waals surface area (Å²) >= 11 is 0. The average molecular weight is 269 g/mol. The molecule has 0 bridgehead atoms. The van der Waals surface area contributed by atoms with E-state index in [1.54, 1.807) is 6.92 Å². The van der Waals surface area contributed by atoms with Gasteiger partial charge < -0.3 is 10.1 Å². The Balaban J connectivity index is 2.69. The van der Waals surface area contributed by atoms with E-state index in [0.29, 0.717) is 6.54 Å². The Labute approximate surface area is 109 Å². The third-order valence-corrected chi connectivity index (χ3v) is 2.26. The molecule has 1 aromatic heterocycles. The number of imide groups is 1. The van der Waals surface area contributed by atoms with Crippen molar-refractivity contribution in [2.45, 2.75) is 19.9 Å². The van der Waals surface area contributed by atoms with Crippen LogP contribution in [0.1, 0.15) is 30.4 Å². The van der Waals surface area contributed by atoms with Crippen LogP contribution in [0.25, 0.3) is 0 Å². The van der Waals surface area contributed by atoms with E-state index in [2.05, 4.69) is 25.7 Å². The largest absolute Gasteiger partial charge is 0.464 e. The molecule has 1 atom stereocenters. The van der Waals surface area contributed by atoms with E-state index in [-0.39, 0.29) is 5.69 Å². The SMILES string of the molecule is CCNC(=O)NC(=O)C(C)n1cc(C(=O)OC)nn1.